The van der Waals surface area contributed by atoms with E-state index in [4.69, 9.17) is 0 Å². The summed E-state index contributed by atoms with van der Waals surface area (Å²) in [5, 5.41) is 0. The smallest absolute Gasteiger partial charge is 0.279 e. The SMILES string of the molecule is CNS(=O)(=O)N1CC(C)N(CCN(C)C)C(C)C1. The minimum absolute atomic E-state index is 0.247. The number of rotatable bonds is 5. The zero-order chi connectivity index (χ0) is 13.9. The van der Waals surface area contributed by atoms with Gasteiger partial charge in [0.05, 0.1) is 0 Å². The fraction of sp³-hybridized carbons (Fsp3) is 1.00. The summed E-state index contributed by atoms with van der Waals surface area (Å²) in [6, 6.07) is 0.494. The second kappa shape index (κ2) is 6.29. The molecule has 1 rings (SSSR count). The van der Waals surface area contributed by atoms with Crippen molar-refractivity contribution in [2.24, 2.45) is 0 Å². The molecular weight excluding hydrogens is 252 g/mol. The molecule has 1 heterocycles. The van der Waals surface area contributed by atoms with Crippen molar-refractivity contribution in [2.45, 2.75) is 25.9 Å². The maximum Gasteiger partial charge on any atom is 0.279 e. The molecule has 108 valence electrons. The first-order valence-corrected chi connectivity index (χ1v) is 7.81. The number of hydrogen-bond donors (Lipinski definition) is 1. The highest BCUT2D eigenvalue weighted by Gasteiger charge is 2.34. The van der Waals surface area contributed by atoms with Crippen LogP contribution in [0.5, 0.6) is 0 Å². The van der Waals surface area contributed by atoms with Gasteiger partial charge >= 0.3 is 0 Å². The number of nitrogens with one attached hydrogen (secondary N) is 1. The fourth-order valence-corrected chi connectivity index (χ4v) is 3.47. The number of likely N-dealkylation sites (N-methyl/N-ethyl adjacent to an activating group) is 1. The van der Waals surface area contributed by atoms with E-state index in [9.17, 15) is 8.42 Å². The van der Waals surface area contributed by atoms with Gasteiger partial charge in [0.15, 0.2) is 0 Å². The summed E-state index contributed by atoms with van der Waals surface area (Å²) in [5.41, 5.74) is 0. The number of nitrogens with zero attached hydrogens (tertiary/aromatic N) is 3. The van der Waals surface area contributed by atoms with Gasteiger partial charge in [-0.15, -0.1) is 0 Å². The third-order valence-corrected chi connectivity index (χ3v) is 4.97. The molecular formula is C11H26N4O2S. The molecule has 0 amide bonds. The summed E-state index contributed by atoms with van der Waals surface area (Å²) in [4.78, 5) is 4.53. The molecule has 0 aliphatic carbocycles. The predicted octanol–water partition coefficient (Wildman–Crippen LogP) is -0.593. The Morgan fingerprint density at radius 3 is 2.11 bits per heavy atom. The van der Waals surface area contributed by atoms with E-state index in [1.807, 2.05) is 0 Å². The van der Waals surface area contributed by atoms with Crippen molar-refractivity contribution in [3.8, 4) is 0 Å². The number of hydrogen-bond acceptors (Lipinski definition) is 4. The molecule has 0 bridgehead atoms. The second-order valence-electron chi connectivity index (χ2n) is 5.27. The second-order valence-corrected chi connectivity index (χ2v) is 7.14. The Hall–Kier alpha value is -0.210. The molecule has 0 aromatic rings. The average molecular weight is 278 g/mol. The Labute approximate surface area is 111 Å². The van der Waals surface area contributed by atoms with Crippen LogP contribution in [0.2, 0.25) is 0 Å². The normalized spacial score (nSPS) is 27.9. The summed E-state index contributed by atoms with van der Waals surface area (Å²) in [6.07, 6.45) is 0. The molecule has 0 radical (unpaired) electrons. The van der Waals surface area contributed by atoms with E-state index in [2.05, 4.69) is 42.5 Å². The monoisotopic (exact) mass is 278 g/mol. The van der Waals surface area contributed by atoms with Crippen LogP contribution in [0.3, 0.4) is 0 Å². The quantitative estimate of drug-likeness (QED) is 0.730. The van der Waals surface area contributed by atoms with Gasteiger partial charge in [0.1, 0.15) is 0 Å². The van der Waals surface area contributed by atoms with Gasteiger partial charge in [0.25, 0.3) is 10.2 Å². The maximum absolute atomic E-state index is 11.8. The third-order valence-electron chi connectivity index (χ3n) is 3.47. The Kier molecular flexibility index (Phi) is 5.54. The molecule has 6 nitrogen and oxygen atoms in total. The first kappa shape index (κ1) is 15.8. The zero-order valence-corrected chi connectivity index (χ0v) is 12.9. The molecule has 1 saturated heterocycles. The highest BCUT2D eigenvalue weighted by Crippen LogP contribution is 2.17. The van der Waals surface area contributed by atoms with Crippen LogP contribution in [-0.4, -0.2) is 81.9 Å². The van der Waals surface area contributed by atoms with Gasteiger partial charge in [0, 0.05) is 45.3 Å². The summed E-state index contributed by atoms with van der Waals surface area (Å²) < 4.78 is 27.5. The van der Waals surface area contributed by atoms with Gasteiger partial charge < -0.3 is 4.90 Å². The maximum atomic E-state index is 11.8. The van der Waals surface area contributed by atoms with Crippen LogP contribution in [0.25, 0.3) is 0 Å². The molecule has 1 aliphatic rings. The molecule has 18 heavy (non-hydrogen) atoms. The van der Waals surface area contributed by atoms with Crippen molar-refractivity contribution in [2.75, 3.05) is 47.3 Å². The molecule has 2 atom stereocenters. The summed E-state index contributed by atoms with van der Waals surface area (Å²) in [5.74, 6) is 0. The van der Waals surface area contributed by atoms with Crippen molar-refractivity contribution in [3.63, 3.8) is 0 Å². The third kappa shape index (κ3) is 3.89. The number of piperazine rings is 1. The standard InChI is InChI=1S/C11H26N4O2S/c1-10-8-14(18(16,17)12-3)9-11(2)15(10)7-6-13(4)5/h10-12H,6-9H2,1-5H3. The molecule has 1 aliphatic heterocycles. The minimum atomic E-state index is -3.30. The molecule has 1 fully saturated rings. The highest BCUT2D eigenvalue weighted by atomic mass is 32.2. The summed E-state index contributed by atoms with van der Waals surface area (Å²) >= 11 is 0. The van der Waals surface area contributed by atoms with Crippen LogP contribution in [-0.2, 0) is 10.2 Å². The zero-order valence-electron chi connectivity index (χ0n) is 12.0. The van der Waals surface area contributed by atoms with E-state index in [0.717, 1.165) is 13.1 Å². The summed E-state index contributed by atoms with van der Waals surface area (Å²) in [6.45, 7) is 7.26. The van der Waals surface area contributed by atoms with Gasteiger partial charge in [-0.1, -0.05) is 0 Å². The molecule has 0 saturated carbocycles. The van der Waals surface area contributed by atoms with E-state index in [0.29, 0.717) is 13.1 Å². The van der Waals surface area contributed by atoms with Crippen LogP contribution in [0, 0.1) is 0 Å². The lowest BCUT2D eigenvalue weighted by atomic mass is 10.1. The van der Waals surface area contributed by atoms with Gasteiger partial charge in [-0.3, -0.25) is 4.90 Å². The Morgan fingerprint density at radius 1 is 1.22 bits per heavy atom. The molecule has 0 spiro atoms. The first-order chi connectivity index (χ1) is 8.27. The van der Waals surface area contributed by atoms with Gasteiger partial charge in [0.2, 0.25) is 0 Å². The van der Waals surface area contributed by atoms with Crippen molar-refractivity contribution < 1.29 is 8.42 Å². The van der Waals surface area contributed by atoms with Crippen molar-refractivity contribution in [3.05, 3.63) is 0 Å². The van der Waals surface area contributed by atoms with Crippen molar-refractivity contribution in [1.29, 1.82) is 0 Å². The highest BCUT2D eigenvalue weighted by molar-refractivity contribution is 7.87. The van der Waals surface area contributed by atoms with Crippen LogP contribution in [0.1, 0.15) is 13.8 Å². The van der Waals surface area contributed by atoms with E-state index in [1.54, 1.807) is 0 Å². The molecule has 7 heteroatoms. The summed E-state index contributed by atoms with van der Waals surface area (Å²) in [7, 11) is 2.27. The van der Waals surface area contributed by atoms with E-state index in [-0.39, 0.29) is 12.1 Å². The van der Waals surface area contributed by atoms with Crippen LogP contribution in [0.15, 0.2) is 0 Å². The fourth-order valence-electron chi connectivity index (χ4n) is 2.39. The van der Waals surface area contributed by atoms with Crippen molar-refractivity contribution >= 4 is 10.2 Å². The van der Waals surface area contributed by atoms with Gasteiger partial charge in [-0.05, 0) is 27.9 Å². The molecule has 1 N–H and O–H groups in total. The van der Waals surface area contributed by atoms with E-state index < -0.39 is 10.2 Å². The van der Waals surface area contributed by atoms with Crippen LogP contribution < -0.4 is 4.72 Å². The van der Waals surface area contributed by atoms with Crippen LogP contribution in [0.4, 0.5) is 0 Å². The lowest BCUT2D eigenvalue weighted by Gasteiger charge is -2.43. The average Bonchev–Trinajstić information content (AvgIpc) is 2.27. The van der Waals surface area contributed by atoms with Crippen LogP contribution >= 0.6 is 0 Å². The Balaban J connectivity index is 2.65. The lowest BCUT2D eigenvalue weighted by Crippen LogP contribution is -2.60. The Bertz CT molecular complexity index is 346. The van der Waals surface area contributed by atoms with E-state index >= 15 is 0 Å². The topological polar surface area (TPSA) is 55.9 Å². The molecule has 2 unspecified atom stereocenters. The first-order valence-electron chi connectivity index (χ1n) is 6.37. The molecule has 0 aromatic heterocycles. The lowest BCUT2D eigenvalue weighted by molar-refractivity contribution is 0.0704. The van der Waals surface area contributed by atoms with Gasteiger partial charge in [-0.2, -0.15) is 12.7 Å². The predicted molar refractivity (Wildman–Crippen MR) is 73.7 cm³/mol. The van der Waals surface area contributed by atoms with Gasteiger partial charge in [-0.25, -0.2) is 4.72 Å². The molecule has 0 aromatic carbocycles. The largest absolute Gasteiger partial charge is 0.308 e. The minimum Gasteiger partial charge on any atom is -0.308 e. The van der Waals surface area contributed by atoms with E-state index in [1.165, 1.54) is 11.4 Å². The van der Waals surface area contributed by atoms with Crippen molar-refractivity contribution in [1.82, 2.24) is 18.8 Å². The Morgan fingerprint density at radius 2 is 1.72 bits per heavy atom.